The molecule has 0 radical (unpaired) electrons. The first-order chi connectivity index (χ1) is 5.78. The van der Waals surface area contributed by atoms with E-state index in [2.05, 4.69) is 24.3 Å². The molecule has 2 saturated carbocycles. The van der Waals surface area contributed by atoms with Crippen molar-refractivity contribution >= 4 is 0 Å². The maximum atomic E-state index is 3.33. The SMILES string of the molecule is CNCC1(N(C)C2CC2)CCC1. The molecule has 70 valence electrons. The molecule has 0 spiro atoms. The highest BCUT2D eigenvalue weighted by molar-refractivity contribution is 5.03. The lowest BCUT2D eigenvalue weighted by atomic mass is 9.75. The maximum Gasteiger partial charge on any atom is 0.0333 e. The molecular formula is C10H20N2. The average molecular weight is 168 g/mol. The number of nitrogens with one attached hydrogen (secondary N) is 1. The molecule has 0 aromatic carbocycles. The first-order valence-corrected chi connectivity index (χ1v) is 5.16. The van der Waals surface area contributed by atoms with Gasteiger partial charge in [0.25, 0.3) is 0 Å². The number of nitrogens with zero attached hydrogens (tertiary/aromatic N) is 1. The highest BCUT2D eigenvalue weighted by Gasteiger charge is 2.45. The molecule has 1 N–H and O–H groups in total. The minimum atomic E-state index is 0.538. The number of likely N-dealkylation sites (N-methyl/N-ethyl adjacent to an activating group) is 2. The number of hydrogen-bond acceptors (Lipinski definition) is 2. The summed E-state index contributed by atoms with van der Waals surface area (Å²) in [5.41, 5.74) is 0.538. The number of rotatable bonds is 4. The van der Waals surface area contributed by atoms with Crippen molar-refractivity contribution in [2.24, 2.45) is 0 Å². The lowest BCUT2D eigenvalue weighted by molar-refractivity contribution is 0.0332. The van der Waals surface area contributed by atoms with Crippen molar-refractivity contribution < 1.29 is 0 Å². The molecule has 0 aliphatic heterocycles. The molecule has 2 heteroatoms. The van der Waals surface area contributed by atoms with Crippen molar-refractivity contribution in [3.63, 3.8) is 0 Å². The van der Waals surface area contributed by atoms with Gasteiger partial charge < -0.3 is 5.32 Å². The Labute approximate surface area is 75.3 Å². The van der Waals surface area contributed by atoms with E-state index in [1.54, 1.807) is 0 Å². The Bertz CT molecular complexity index is 159. The van der Waals surface area contributed by atoms with Gasteiger partial charge in [-0.2, -0.15) is 0 Å². The Morgan fingerprint density at radius 1 is 1.42 bits per heavy atom. The van der Waals surface area contributed by atoms with E-state index < -0.39 is 0 Å². The zero-order chi connectivity index (χ0) is 8.60. The quantitative estimate of drug-likeness (QED) is 0.679. The fraction of sp³-hybridized carbons (Fsp3) is 1.00. The summed E-state index contributed by atoms with van der Waals surface area (Å²) in [6.07, 6.45) is 7.10. The summed E-state index contributed by atoms with van der Waals surface area (Å²) in [7, 11) is 4.38. The topological polar surface area (TPSA) is 15.3 Å². The summed E-state index contributed by atoms with van der Waals surface area (Å²) in [5.74, 6) is 0. The third-order valence-corrected chi connectivity index (χ3v) is 3.63. The molecule has 0 heterocycles. The van der Waals surface area contributed by atoms with Crippen molar-refractivity contribution in [3.8, 4) is 0 Å². The highest BCUT2D eigenvalue weighted by Crippen LogP contribution is 2.42. The minimum Gasteiger partial charge on any atom is -0.318 e. The molecule has 2 fully saturated rings. The first-order valence-electron chi connectivity index (χ1n) is 5.16. The van der Waals surface area contributed by atoms with Crippen molar-refractivity contribution in [1.29, 1.82) is 0 Å². The van der Waals surface area contributed by atoms with E-state index >= 15 is 0 Å². The van der Waals surface area contributed by atoms with E-state index in [1.807, 2.05) is 0 Å². The molecule has 2 aliphatic carbocycles. The zero-order valence-electron chi connectivity index (χ0n) is 8.27. The summed E-state index contributed by atoms with van der Waals surface area (Å²) in [6, 6.07) is 0.915. The fourth-order valence-corrected chi connectivity index (χ4v) is 2.42. The van der Waals surface area contributed by atoms with Gasteiger partial charge in [-0.15, -0.1) is 0 Å². The van der Waals surface area contributed by atoms with Crippen molar-refractivity contribution in [2.75, 3.05) is 20.6 Å². The molecule has 0 aromatic heterocycles. The van der Waals surface area contributed by atoms with Gasteiger partial charge in [-0.3, -0.25) is 4.90 Å². The van der Waals surface area contributed by atoms with Crippen LogP contribution in [-0.4, -0.2) is 37.1 Å². The van der Waals surface area contributed by atoms with Gasteiger partial charge >= 0.3 is 0 Å². The minimum absolute atomic E-state index is 0.538. The van der Waals surface area contributed by atoms with E-state index in [4.69, 9.17) is 0 Å². The van der Waals surface area contributed by atoms with Crippen LogP contribution in [-0.2, 0) is 0 Å². The van der Waals surface area contributed by atoms with E-state index in [0.717, 1.165) is 6.04 Å². The third-order valence-electron chi connectivity index (χ3n) is 3.63. The molecule has 12 heavy (non-hydrogen) atoms. The molecule has 0 unspecified atom stereocenters. The highest BCUT2D eigenvalue weighted by atomic mass is 15.2. The Morgan fingerprint density at radius 2 is 2.08 bits per heavy atom. The molecule has 2 rings (SSSR count). The van der Waals surface area contributed by atoms with Crippen molar-refractivity contribution in [2.45, 2.75) is 43.7 Å². The fourth-order valence-electron chi connectivity index (χ4n) is 2.42. The molecule has 0 aromatic rings. The van der Waals surface area contributed by atoms with Gasteiger partial charge in [-0.1, -0.05) is 0 Å². The van der Waals surface area contributed by atoms with E-state index in [1.165, 1.54) is 38.6 Å². The Hall–Kier alpha value is -0.0800. The summed E-state index contributed by atoms with van der Waals surface area (Å²) >= 11 is 0. The van der Waals surface area contributed by atoms with E-state index in [0.29, 0.717) is 5.54 Å². The lowest BCUT2D eigenvalue weighted by Gasteiger charge is -2.49. The monoisotopic (exact) mass is 168 g/mol. The van der Waals surface area contributed by atoms with Crippen LogP contribution in [0.25, 0.3) is 0 Å². The Morgan fingerprint density at radius 3 is 2.42 bits per heavy atom. The van der Waals surface area contributed by atoms with Crippen LogP contribution in [0, 0.1) is 0 Å². The predicted octanol–water partition coefficient (Wildman–Crippen LogP) is 1.22. The van der Waals surface area contributed by atoms with Crippen molar-refractivity contribution in [3.05, 3.63) is 0 Å². The van der Waals surface area contributed by atoms with Gasteiger partial charge in [-0.25, -0.2) is 0 Å². The van der Waals surface area contributed by atoms with Crippen LogP contribution in [0.3, 0.4) is 0 Å². The van der Waals surface area contributed by atoms with Crippen LogP contribution < -0.4 is 5.32 Å². The Kier molecular flexibility index (Phi) is 2.13. The van der Waals surface area contributed by atoms with Crippen LogP contribution in [0.4, 0.5) is 0 Å². The smallest absolute Gasteiger partial charge is 0.0333 e. The van der Waals surface area contributed by atoms with Gasteiger partial charge in [0.05, 0.1) is 0 Å². The lowest BCUT2D eigenvalue weighted by Crippen LogP contribution is -2.58. The second-order valence-corrected chi connectivity index (χ2v) is 4.45. The standard InChI is InChI=1S/C10H20N2/c1-11-8-10(6-3-7-10)12(2)9-4-5-9/h9,11H,3-8H2,1-2H3. The van der Waals surface area contributed by atoms with E-state index in [9.17, 15) is 0 Å². The zero-order valence-corrected chi connectivity index (χ0v) is 8.27. The van der Waals surface area contributed by atoms with Crippen LogP contribution in [0.15, 0.2) is 0 Å². The van der Waals surface area contributed by atoms with Gasteiger partial charge in [-0.05, 0) is 46.2 Å². The largest absolute Gasteiger partial charge is 0.318 e. The van der Waals surface area contributed by atoms with E-state index in [-0.39, 0.29) is 0 Å². The maximum absolute atomic E-state index is 3.33. The van der Waals surface area contributed by atoms with Crippen molar-refractivity contribution in [1.82, 2.24) is 10.2 Å². The van der Waals surface area contributed by atoms with Crippen LogP contribution in [0.1, 0.15) is 32.1 Å². The summed E-state index contributed by atoms with van der Waals surface area (Å²) in [6.45, 7) is 1.18. The van der Waals surface area contributed by atoms with Gasteiger partial charge in [0.15, 0.2) is 0 Å². The predicted molar refractivity (Wildman–Crippen MR) is 51.3 cm³/mol. The number of hydrogen-bond donors (Lipinski definition) is 1. The average Bonchev–Trinajstić information content (AvgIpc) is 2.77. The molecule has 0 amide bonds. The first kappa shape index (κ1) is 8.52. The second-order valence-electron chi connectivity index (χ2n) is 4.45. The summed E-state index contributed by atoms with van der Waals surface area (Å²) in [5, 5.41) is 3.33. The van der Waals surface area contributed by atoms with Gasteiger partial charge in [0.1, 0.15) is 0 Å². The van der Waals surface area contributed by atoms with Crippen LogP contribution >= 0.6 is 0 Å². The molecule has 0 saturated heterocycles. The van der Waals surface area contributed by atoms with Crippen LogP contribution in [0.2, 0.25) is 0 Å². The van der Waals surface area contributed by atoms with Gasteiger partial charge in [0.2, 0.25) is 0 Å². The molecule has 0 bridgehead atoms. The molecule has 0 atom stereocenters. The molecule has 2 nitrogen and oxygen atoms in total. The van der Waals surface area contributed by atoms with Crippen LogP contribution in [0.5, 0.6) is 0 Å². The summed E-state index contributed by atoms with van der Waals surface area (Å²) in [4.78, 5) is 2.63. The van der Waals surface area contributed by atoms with Gasteiger partial charge in [0, 0.05) is 18.1 Å². The molecular weight excluding hydrogens is 148 g/mol. The third kappa shape index (κ3) is 1.27. The Balaban J connectivity index is 1.95. The summed E-state index contributed by atoms with van der Waals surface area (Å²) < 4.78 is 0. The second kappa shape index (κ2) is 3.00. The molecule has 2 aliphatic rings. The normalized spacial score (nSPS) is 27.2.